The topological polar surface area (TPSA) is 79.1 Å². The SMILES string of the molecule is CC(C)CN(C)CCCN1CC2(CCN(C(=O)CCN)CC2)OC1=O. The molecule has 0 aliphatic carbocycles. The standard InChI is InChI=1S/C18H34N4O3/c1-15(2)13-20(3)9-4-10-22-14-18(25-17(22)24)6-11-21(12-7-18)16(23)5-8-19/h15H,4-14,19H2,1-3H3. The van der Waals surface area contributed by atoms with Crippen molar-refractivity contribution in [1.82, 2.24) is 14.7 Å². The third kappa shape index (κ3) is 5.57. The molecule has 0 atom stereocenters. The van der Waals surface area contributed by atoms with Gasteiger partial charge in [-0.2, -0.15) is 0 Å². The fourth-order valence-electron chi connectivity index (χ4n) is 3.82. The number of carbonyl (C=O) groups excluding carboxylic acids is 2. The Hall–Kier alpha value is -1.34. The maximum absolute atomic E-state index is 12.2. The van der Waals surface area contributed by atoms with Crippen molar-refractivity contribution in [2.24, 2.45) is 11.7 Å². The number of hydrogen-bond acceptors (Lipinski definition) is 5. The molecule has 0 bridgehead atoms. The van der Waals surface area contributed by atoms with Gasteiger partial charge in [0, 0.05) is 52.0 Å². The number of ether oxygens (including phenoxy) is 1. The first-order valence-corrected chi connectivity index (χ1v) is 9.49. The lowest BCUT2D eigenvalue weighted by atomic mass is 9.91. The van der Waals surface area contributed by atoms with E-state index in [1.807, 2.05) is 9.80 Å². The molecular formula is C18H34N4O3. The molecule has 0 aromatic rings. The Kier molecular flexibility index (Phi) is 7.07. The lowest BCUT2D eigenvalue weighted by molar-refractivity contribution is -0.134. The van der Waals surface area contributed by atoms with Crippen LogP contribution in [-0.4, -0.2) is 85.2 Å². The molecule has 2 aliphatic rings. The van der Waals surface area contributed by atoms with E-state index in [9.17, 15) is 9.59 Å². The van der Waals surface area contributed by atoms with Crippen LogP contribution < -0.4 is 5.73 Å². The fourth-order valence-corrected chi connectivity index (χ4v) is 3.82. The minimum atomic E-state index is -0.402. The van der Waals surface area contributed by atoms with Crippen LogP contribution in [-0.2, 0) is 9.53 Å². The molecule has 144 valence electrons. The van der Waals surface area contributed by atoms with Crippen molar-refractivity contribution in [1.29, 1.82) is 0 Å². The molecule has 2 amide bonds. The van der Waals surface area contributed by atoms with Crippen LogP contribution in [0.5, 0.6) is 0 Å². The van der Waals surface area contributed by atoms with Crippen LogP contribution in [0.25, 0.3) is 0 Å². The van der Waals surface area contributed by atoms with Crippen LogP contribution in [0.15, 0.2) is 0 Å². The molecule has 0 radical (unpaired) electrons. The first-order chi connectivity index (χ1) is 11.8. The van der Waals surface area contributed by atoms with Gasteiger partial charge in [0.1, 0.15) is 5.60 Å². The van der Waals surface area contributed by atoms with Gasteiger partial charge in [0.25, 0.3) is 0 Å². The van der Waals surface area contributed by atoms with Crippen molar-refractivity contribution in [3.05, 3.63) is 0 Å². The van der Waals surface area contributed by atoms with Gasteiger partial charge in [-0.3, -0.25) is 4.79 Å². The van der Waals surface area contributed by atoms with Crippen molar-refractivity contribution in [2.45, 2.75) is 45.1 Å². The molecule has 1 spiro atoms. The second-order valence-electron chi connectivity index (χ2n) is 7.90. The summed E-state index contributed by atoms with van der Waals surface area (Å²) in [6.45, 7) is 9.54. The third-order valence-corrected chi connectivity index (χ3v) is 5.07. The zero-order valence-electron chi connectivity index (χ0n) is 16.0. The highest BCUT2D eigenvalue weighted by molar-refractivity contribution is 5.76. The summed E-state index contributed by atoms with van der Waals surface area (Å²) in [7, 11) is 2.12. The summed E-state index contributed by atoms with van der Waals surface area (Å²) in [5.74, 6) is 0.754. The van der Waals surface area contributed by atoms with Crippen molar-refractivity contribution in [3.8, 4) is 0 Å². The normalized spacial score (nSPS) is 20.0. The molecule has 7 nitrogen and oxygen atoms in total. The Morgan fingerprint density at radius 3 is 2.64 bits per heavy atom. The van der Waals surface area contributed by atoms with E-state index in [1.165, 1.54) is 0 Å². The first kappa shape index (κ1) is 20.0. The summed E-state index contributed by atoms with van der Waals surface area (Å²) in [6, 6.07) is 0. The maximum atomic E-state index is 12.2. The number of nitrogens with two attached hydrogens (primary N) is 1. The molecule has 0 unspecified atom stereocenters. The predicted molar refractivity (Wildman–Crippen MR) is 97.2 cm³/mol. The summed E-state index contributed by atoms with van der Waals surface area (Å²) in [5.41, 5.74) is 5.05. The Balaban J connectivity index is 1.75. The van der Waals surface area contributed by atoms with E-state index >= 15 is 0 Å². The lowest BCUT2D eigenvalue weighted by Crippen LogP contribution is -2.49. The highest BCUT2D eigenvalue weighted by Gasteiger charge is 2.47. The highest BCUT2D eigenvalue weighted by Crippen LogP contribution is 2.33. The van der Waals surface area contributed by atoms with Crippen LogP contribution >= 0.6 is 0 Å². The number of likely N-dealkylation sites (tertiary alicyclic amines) is 1. The largest absolute Gasteiger partial charge is 0.441 e. The fraction of sp³-hybridized carbons (Fsp3) is 0.889. The van der Waals surface area contributed by atoms with Crippen LogP contribution in [0.2, 0.25) is 0 Å². The second-order valence-corrected chi connectivity index (χ2v) is 7.90. The molecule has 25 heavy (non-hydrogen) atoms. The maximum Gasteiger partial charge on any atom is 0.410 e. The van der Waals surface area contributed by atoms with Crippen molar-refractivity contribution >= 4 is 12.0 Å². The van der Waals surface area contributed by atoms with Gasteiger partial charge in [-0.05, 0) is 25.9 Å². The summed E-state index contributed by atoms with van der Waals surface area (Å²) < 4.78 is 5.72. The number of rotatable bonds is 8. The van der Waals surface area contributed by atoms with Crippen molar-refractivity contribution in [3.63, 3.8) is 0 Å². The van der Waals surface area contributed by atoms with E-state index in [0.717, 1.165) is 38.9 Å². The Labute approximate surface area is 151 Å². The summed E-state index contributed by atoms with van der Waals surface area (Å²) in [4.78, 5) is 30.1. The van der Waals surface area contributed by atoms with Crippen LogP contribution in [0.3, 0.4) is 0 Å². The Bertz CT molecular complexity index is 461. The second kappa shape index (κ2) is 8.85. The summed E-state index contributed by atoms with van der Waals surface area (Å²) >= 11 is 0. The Morgan fingerprint density at radius 2 is 2.04 bits per heavy atom. The molecule has 2 heterocycles. The molecular weight excluding hydrogens is 320 g/mol. The molecule has 0 aromatic heterocycles. The van der Waals surface area contributed by atoms with E-state index in [1.54, 1.807) is 0 Å². The van der Waals surface area contributed by atoms with Crippen LogP contribution in [0, 0.1) is 5.92 Å². The molecule has 7 heteroatoms. The Morgan fingerprint density at radius 1 is 1.36 bits per heavy atom. The smallest absolute Gasteiger partial charge is 0.410 e. The average molecular weight is 354 g/mol. The van der Waals surface area contributed by atoms with Crippen molar-refractivity contribution < 1.29 is 14.3 Å². The molecule has 2 saturated heterocycles. The van der Waals surface area contributed by atoms with Gasteiger partial charge >= 0.3 is 6.09 Å². The van der Waals surface area contributed by atoms with Crippen LogP contribution in [0.4, 0.5) is 4.79 Å². The van der Waals surface area contributed by atoms with E-state index in [-0.39, 0.29) is 12.0 Å². The van der Waals surface area contributed by atoms with Gasteiger partial charge in [0.2, 0.25) is 5.91 Å². The minimum absolute atomic E-state index is 0.103. The first-order valence-electron chi connectivity index (χ1n) is 9.49. The summed E-state index contributed by atoms with van der Waals surface area (Å²) in [5, 5.41) is 0. The van der Waals surface area contributed by atoms with E-state index in [2.05, 4.69) is 25.8 Å². The third-order valence-electron chi connectivity index (χ3n) is 5.07. The molecule has 2 N–H and O–H groups in total. The molecule has 2 rings (SSSR count). The van der Waals surface area contributed by atoms with Gasteiger partial charge in [-0.1, -0.05) is 13.8 Å². The number of piperidine rings is 1. The van der Waals surface area contributed by atoms with Gasteiger partial charge in [-0.25, -0.2) is 4.79 Å². The number of hydrogen-bond donors (Lipinski definition) is 1. The average Bonchev–Trinajstić information content (AvgIpc) is 2.83. The quantitative estimate of drug-likeness (QED) is 0.707. The molecule has 0 saturated carbocycles. The monoisotopic (exact) mass is 354 g/mol. The predicted octanol–water partition coefficient (Wildman–Crippen LogP) is 1.13. The van der Waals surface area contributed by atoms with Gasteiger partial charge in [-0.15, -0.1) is 0 Å². The number of carbonyl (C=O) groups is 2. The minimum Gasteiger partial charge on any atom is -0.441 e. The number of nitrogens with zero attached hydrogens (tertiary/aromatic N) is 3. The van der Waals surface area contributed by atoms with E-state index < -0.39 is 5.60 Å². The van der Waals surface area contributed by atoms with E-state index in [0.29, 0.717) is 38.5 Å². The molecule has 0 aromatic carbocycles. The van der Waals surface area contributed by atoms with Gasteiger partial charge in [0.15, 0.2) is 0 Å². The number of amides is 2. The van der Waals surface area contributed by atoms with Gasteiger partial charge in [0.05, 0.1) is 6.54 Å². The van der Waals surface area contributed by atoms with E-state index in [4.69, 9.17) is 10.5 Å². The lowest BCUT2D eigenvalue weighted by Gasteiger charge is -2.37. The summed E-state index contributed by atoms with van der Waals surface area (Å²) in [6.07, 6.45) is 2.59. The molecule has 2 aliphatic heterocycles. The molecule has 2 fully saturated rings. The van der Waals surface area contributed by atoms with Crippen molar-refractivity contribution in [2.75, 3.05) is 52.9 Å². The van der Waals surface area contributed by atoms with Gasteiger partial charge < -0.3 is 25.2 Å². The van der Waals surface area contributed by atoms with Crippen LogP contribution in [0.1, 0.15) is 39.5 Å². The zero-order valence-corrected chi connectivity index (χ0v) is 16.0. The zero-order chi connectivity index (χ0) is 18.4. The highest BCUT2D eigenvalue weighted by atomic mass is 16.6.